The Balaban J connectivity index is 0.00000529. The lowest BCUT2D eigenvalue weighted by molar-refractivity contribution is 0.128. The number of nitrogens with zero attached hydrogens (tertiary/aromatic N) is 2. The molecule has 5 nitrogen and oxygen atoms in total. The molecule has 0 aliphatic heterocycles. The number of halogens is 1. The van der Waals surface area contributed by atoms with Crippen molar-refractivity contribution in [1.29, 1.82) is 0 Å². The van der Waals surface area contributed by atoms with Crippen LogP contribution in [0.1, 0.15) is 51.7 Å². The molecule has 1 rings (SSSR count). The van der Waals surface area contributed by atoms with Gasteiger partial charge in [0.05, 0.1) is 18.8 Å². The SMILES string of the molecule is CN=C(NCCOCCC(C)C)NCc1nc(C(C)(C)C)cs1.I. The van der Waals surface area contributed by atoms with E-state index in [0.29, 0.717) is 19.1 Å². The molecule has 0 saturated carbocycles. The van der Waals surface area contributed by atoms with E-state index in [1.165, 1.54) is 0 Å². The van der Waals surface area contributed by atoms with Crippen LogP contribution in [0.25, 0.3) is 0 Å². The molecule has 140 valence electrons. The normalized spacial score (nSPS) is 12.2. The molecule has 0 spiro atoms. The first kappa shape index (κ1) is 23.6. The second kappa shape index (κ2) is 12.0. The molecule has 0 aliphatic rings. The topological polar surface area (TPSA) is 58.5 Å². The Hall–Kier alpha value is -0.410. The maximum absolute atomic E-state index is 5.59. The summed E-state index contributed by atoms with van der Waals surface area (Å²) in [4.78, 5) is 8.89. The number of thiazole rings is 1. The Bertz CT molecular complexity index is 483. The first-order valence-electron chi connectivity index (χ1n) is 8.30. The molecule has 2 N–H and O–H groups in total. The highest BCUT2D eigenvalue weighted by Gasteiger charge is 2.17. The molecule has 0 unspecified atom stereocenters. The fraction of sp³-hybridized carbons (Fsp3) is 0.765. The predicted octanol–water partition coefficient (Wildman–Crippen LogP) is 3.79. The van der Waals surface area contributed by atoms with Gasteiger partial charge >= 0.3 is 0 Å². The molecular weight excluding hydrogens is 435 g/mol. The maximum Gasteiger partial charge on any atom is 0.191 e. The van der Waals surface area contributed by atoms with Crippen LogP contribution in [-0.2, 0) is 16.7 Å². The van der Waals surface area contributed by atoms with E-state index in [-0.39, 0.29) is 29.4 Å². The number of rotatable bonds is 8. The minimum absolute atomic E-state index is 0. The molecule has 0 radical (unpaired) electrons. The molecule has 1 heterocycles. The first-order valence-corrected chi connectivity index (χ1v) is 9.18. The third-order valence-electron chi connectivity index (χ3n) is 3.33. The molecule has 0 atom stereocenters. The van der Waals surface area contributed by atoms with Gasteiger partial charge < -0.3 is 15.4 Å². The monoisotopic (exact) mass is 468 g/mol. The zero-order chi connectivity index (χ0) is 17.3. The smallest absolute Gasteiger partial charge is 0.191 e. The van der Waals surface area contributed by atoms with Crippen molar-refractivity contribution in [3.05, 3.63) is 16.1 Å². The van der Waals surface area contributed by atoms with Crippen molar-refractivity contribution in [3.8, 4) is 0 Å². The maximum atomic E-state index is 5.59. The van der Waals surface area contributed by atoms with Crippen LogP contribution in [0.5, 0.6) is 0 Å². The fourth-order valence-electron chi connectivity index (χ4n) is 1.78. The number of hydrogen-bond acceptors (Lipinski definition) is 4. The van der Waals surface area contributed by atoms with Crippen molar-refractivity contribution in [1.82, 2.24) is 15.6 Å². The van der Waals surface area contributed by atoms with E-state index in [9.17, 15) is 0 Å². The van der Waals surface area contributed by atoms with Crippen LogP contribution < -0.4 is 10.6 Å². The fourth-order valence-corrected chi connectivity index (χ4v) is 2.74. The number of nitrogens with one attached hydrogen (secondary N) is 2. The number of hydrogen-bond donors (Lipinski definition) is 2. The van der Waals surface area contributed by atoms with Crippen LogP contribution in [-0.4, -0.2) is 37.7 Å². The number of aliphatic imine (C=N–C) groups is 1. The number of aromatic nitrogens is 1. The lowest BCUT2D eigenvalue weighted by Gasteiger charge is -2.14. The van der Waals surface area contributed by atoms with Crippen LogP contribution in [0.4, 0.5) is 0 Å². The van der Waals surface area contributed by atoms with Gasteiger partial charge in [0.1, 0.15) is 5.01 Å². The van der Waals surface area contributed by atoms with E-state index >= 15 is 0 Å². The van der Waals surface area contributed by atoms with Crippen LogP contribution in [0.2, 0.25) is 0 Å². The van der Waals surface area contributed by atoms with Gasteiger partial charge in [-0.15, -0.1) is 35.3 Å². The van der Waals surface area contributed by atoms with Crippen molar-refractivity contribution in [3.63, 3.8) is 0 Å². The van der Waals surface area contributed by atoms with Gasteiger partial charge in [-0.1, -0.05) is 34.6 Å². The van der Waals surface area contributed by atoms with Gasteiger partial charge in [-0.2, -0.15) is 0 Å². The molecule has 1 aromatic rings. The number of guanidine groups is 1. The van der Waals surface area contributed by atoms with Gasteiger partial charge in [0.15, 0.2) is 5.96 Å². The Morgan fingerprint density at radius 3 is 2.54 bits per heavy atom. The second-order valence-corrected chi connectivity index (χ2v) is 7.97. The summed E-state index contributed by atoms with van der Waals surface area (Å²) in [6.07, 6.45) is 1.10. The van der Waals surface area contributed by atoms with Gasteiger partial charge in [-0.05, 0) is 12.3 Å². The Morgan fingerprint density at radius 1 is 1.29 bits per heavy atom. The molecule has 0 saturated heterocycles. The quantitative estimate of drug-likeness (QED) is 0.264. The predicted molar refractivity (Wildman–Crippen MR) is 115 cm³/mol. The molecule has 0 aromatic carbocycles. The molecule has 0 aliphatic carbocycles. The van der Waals surface area contributed by atoms with Gasteiger partial charge in [-0.25, -0.2) is 4.98 Å². The van der Waals surface area contributed by atoms with Gasteiger partial charge in [-0.3, -0.25) is 4.99 Å². The van der Waals surface area contributed by atoms with E-state index in [4.69, 9.17) is 4.74 Å². The highest BCUT2D eigenvalue weighted by atomic mass is 127. The Kier molecular flexibility index (Phi) is 11.8. The summed E-state index contributed by atoms with van der Waals surface area (Å²) in [5, 5.41) is 9.76. The summed E-state index contributed by atoms with van der Waals surface area (Å²) in [6, 6.07) is 0. The van der Waals surface area contributed by atoms with E-state index in [2.05, 4.69) is 60.6 Å². The largest absolute Gasteiger partial charge is 0.380 e. The van der Waals surface area contributed by atoms with Crippen molar-refractivity contribution in [2.24, 2.45) is 10.9 Å². The molecule has 7 heteroatoms. The summed E-state index contributed by atoms with van der Waals surface area (Å²) in [7, 11) is 1.78. The van der Waals surface area contributed by atoms with Crippen molar-refractivity contribution < 1.29 is 4.74 Å². The van der Waals surface area contributed by atoms with Crippen LogP contribution in [0.3, 0.4) is 0 Å². The van der Waals surface area contributed by atoms with Gasteiger partial charge in [0.25, 0.3) is 0 Å². The highest BCUT2D eigenvalue weighted by Crippen LogP contribution is 2.23. The minimum Gasteiger partial charge on any atom is -0.380 e. The lowest BCUT2D eigenvalue weighted by Crippen LogP contribution is -2.38. The van der Waals surface area contributed by atoms with E-state index < -0.39 is 0 Å². The third kappa shape index (κ3) is 9.78. The molecule has 0 bridgehead atoms. The third-order valence-corrected chi connectivity index (χ3v) is 4.18. The summed E-state index contributed by atoms with van der Waals surface area (Å²) in [6.45, 7) is 13.9. The Morgan fingerprint density at radius 2 is 2.00 bits per heavy atom. The summed E-state index contributed by atoms with van der Waals surface area (Å²) in [5.74, 6) is 1.47. The molecule has 1 aromatic heterocycles. The van der Waals surface area contributed by atoms with Crippen molar-refractivity contribution in [2.45, 2.75) is 53.0 Å². The van der Waals surface area contributed by atoms with Crippen LogP contribution in [0, 0.1) is 5.92 Å². The zero-order valence-electron chi connectivity index (χ0n) is 15.8. The first-order chi connectivity index (χ1) is 10.8. The average molecular weight is 468 g/mol. The molecule has 24 heavy (non-hydrogen) atoms. The summed E-state index contributed by atoms with van der Waals surface area (Å²) in [5.41, 5.74) is 1.24. The van der Waals surface area contributed by atoms with E-state index in [0.717, 1.165) is 36.2 Å². The summed E-state index contributed by atoms with van der Waals surface area (Å²) < 4.78 is 5.59. The van der Waals surface area contributed by atoms with Gasteiger partial charge in [0.2, 0.25) is 0 Å². The van der Waals surface area contributed by atoms with Gasteiger partial charge in [0, 0.05) is 31.0 Å². The average Bonchev–Trinajstić information content (AvgIpc) is 2.94. The lowest BCUT2D eigenvalue weighted by atomic mass is 9.93. The van der Waals surface area contributed by atoms with Crippen molar-refractivity contribution >= 4 is 41.3 Å². The minimum atomic E-state index is 0. The molecular formula is C17H33IN4OS. The summed E-state index contributed by atoms with van der Waals surface area (Å²) >= 11 is 1.69. The Labute approximate surface area is 168 Å². The van der Waals surface area contributed by atoms with Crippen molar-refractivity contribution in [2.75, 3.05) is 26.8 Å². The van der Waals surface area contributed by atoms with E-state index in [1.54, 1.807) is 18.4 Å². The zero-order valence-corrected chi connectivity index (χ0v) is 19.0. The second-order valence-electron chi connectivity index (χ2n) is 7.02. The molecule has 0 amide bonds. The standard InChI is InChI=1S/C17H32N4OS.HI/c1-13(2)7-9-22-10-8-19-16(18-6)20-11-15-21-14(12-23-15)17(3,4)5;/h12-13H,7-11H2,1-6H3,(H2,18,19,20);1H. The molecule has 0 fully saturated rings. The highest BCUT2D eigenvalue weighted by molar-refractivity contribution is 14.0. The van der Waals surface area contributed by atoms with Crippen LogP contribution in [0.15, 0.2) is 10.4 Å². The van der Waals surface area contributed by atoms with Crippen LogP contribution >= 0.6 is 35.3 Å². The van der Waals surface area contributed by atoms with E-state index in [1.807, 2.05) is 0 Å². The number of ether oxygens (including phenoxy) is 1.